The first-order valence-corrected chi connectivity index (χ1v) is 47.6. The summed E-state index contributed by atoms with van der Waals surface area (Å²) in [5.41, 5.74) is 13.0. The van der Waals surface area contributed by atoms with Crippen LogP contribution >= 0.6 is 0 Å². The van der Waals surface area contributed by atoms with Gasteiger partial charge in [-0.05, 0) is 191 Å². The molecule has 130 heavy (non-hydrogen) atoms. The molecule has 6 saturated heterocycles. The van der Waals surface area contributed by atoms with Gasteiger partial charge in [-0.2, -0.15) is 0 Å². The SMILES string of the molecule is COC(=O)C[C@H](C(=O)N1CCC[C@H]1C(=O)Cc1ccc([C@@H]2CC[C@@H](c3ccc(CC(=O)[C@@H]4CCCN4C(=O)[C@@H](CC(=O)OC)C(C)C)cc3)N2c2ccc(C(C)(C)C)cc2)cc1)C(C)C.COC(=O)C[C@H](C(=O)N1CCC[C@H]1C(=O)Cc1ccc([C@H]2CC[C@H](c3ccc(CC(=O)[C@@H]4CCCN4C(=O)[C@@H](CC(=O)OC)C(C)C)cc3)N2c2ccc(C(C)(C)C)cc2)cc1)C(C)C. The fourth-order valence-corrected chi connectivity index (χ4v) is 20.4. The molecule has 12 rings (SSSR count). The van der Waals surface area contributed by atoms with Crippen molar-refractivity contribution in [1.82, 2.24) is 19.6 Å². The maximum absolute atomic E-state index is 13.8. The van der Waals surface area contributed by atoms with Crippen LogP contribution in [-0.2, 0) is 113 Å². The molecule has 6 aromatic rings. The predicted octanol–water partition coefficient (Wildman–Crippen LogP) is 17.9. The van der Waals surface area contributed by atoms with E-state index in [1.54, 1.807) is 19.6 Å². The van der Waals surface area contributed by atoms with E-state index in [-0.39, 0.29) is 157 Å². The van der Waals surface area contributed by atoms with Crippen molar-refractivity contribution in [3.05, 3.63) is 201 Å². The van der Waals surface area contributed by atoms with Gasteiger partial charge in [-0.15, -0.1) is 0 Å². The molecule has 12 atom stereocenters. The predicted molar refractivity (Wildman–Crippen MR) is 504 cm³/mol. The van der Waals surface area contributed by atoms with Crippen LogP contribution in [-0.4, -0.2) is 169 Å². The minimum atomic E-state index is -0.531. The molecule has 0 aromatic heterocycles. The van der Waals surface area contributed by atoms with Gasteiger partial charge < -0.3 is 48.3 Å². The first-order valence-electron chi connectivity index (χ1n) is 47.6. The molecule has 22 nitrogen and oxygen atoms in total. The molecule has 0 spiro atoms. The molecule has 0 bridgehead atoms. The highest BCUT2D eigenvalue weighted by atomic mass is 16.5. The third-order valence-corrected chi connectivity index (χ3v) is 28.4. The maximum atomic E-state index is 13.8. The number of anilines is 2. The third kappa shape index (κ3) is 24.4. The van der Waals surface area contributed by atoms with Crippen molar-refractivity contribution in [3.63, 3.8) is 0 Å². The van der Waals surface area contributed by atoms with Crippen LogP contribution in [0.4, 0.5) is 11.4 Å². The van der Waals surface area contributed by atoms with Crippen molar-refractivity contribution >= 4 is 82.0 Å². The highest BCUT2D eigenvalue weighted by molar-refractivity contribution is 5.96. The summed E-state index contributed by atoms with van der Waals surface area (Å²) in [6.45, 7) is 30.7. The number of ether oxygens (including phenoxy) is 4. The van der Waals surface area contributed by atoms with Crippen molar-refractivity contribution in [2.45, 2.75) is 285 Å². The molecule has 0 unspecified atom stereocenters. The molecule has 6 fully saturated rings. The normalized spacial score (nSPS) is 20.9. The molecule has 22 heteroatoms. The lowest BCUT2D eigenvalue weighted by atomic mass is 9.87. The summed E-state index contributed by atoms with van der Waals surface area (Å²) in [4.78, 5) is 170. The standard InChI is InChI=1S/2C54H71N3O8/c2*1-34(2)42(32-50(60)64-8)52(62)55-28-10-12-46(55)48(58)30-36-14-18-38(19-15-36)44-26-27-45(57(44)41-24-22-40(23-25-41)54(5,6)7)39-20-16-37(17-21-39)31-49(59)47-13-11-29-56(47)53(63)43(35(3)4)33-51(61)65-9/h2*14-25,34-35,42-47H,10-13,26-33H2,1-9H3/t42-,43-,44+,45+,46-,47-;42-,43-,44-,45-,46-,47-/m00/s1. The van der Waals surface area contributed by atoms with Crippen LogP contribution in [0.3, 0.4) is 0 Å². The van der Waals surface area contributed by atoms with E-state index in [1.807, 2.05) is 104 Å². The van der Waals surface area contributed by atoms with E-state index in [2.05, 4.69) is 148 Å². The Kier molecular flexibility index (Phi) is 34.2. The van der Waals surface area contributed by atoms with Crippen molar-refractivity contribution < 1.29 is 76.5 Å². The number of ketones is 4. The highest BCUT2D eigenvalue weighted by Gasteiger charge is 2.46. The number of hydrogen-bond acceptors (Lipinski definition) is 18. The zero-order valence-corrected chi connectivity index (χ0v) is 80.3. The Morgan fingerprint density at radius 1 is 0.285 bits per heavy atom. The number of nitrogens with zero attached hydrogens (tertiary/aromatic N) is 6. The van der Waals surface area contributed by atoms with Gasteiger partial charge >= 0.3 is 23.9 Å². The van der Waals surface area contributed by atoms with Crippen LogP contribution in [0.5, 0.6) is 0 Å². The number of amides is 4. The summed E-state index contributed by atoms with van der Waals surface area (Å²) in [5, 5.41) is 0. The van der Waals surface area contributed by atoms with E-state index in [4.69, 9.17) is 18.9 Å². The average Bonchev–Trinajstić information content (AvgIpc) is 1.61. The number of methoxy groups -OCH3 is 4. The Balaban J connectivity index is 0.000000251. The van der Waals surface area contributed by atoms with Crippen LogP contribution in [0, 0.1) is 47.3 Å². The lowest BCUT2D eigenvalue weighted by molar-refractivity contribution is -0.149. The van der Waals surface area contributed by atoms with Crippen LogP contribution in [0.25, 0.3) is 0 Å². The van der Waals surface area contributed by atoms with Crippen molar-refractivity contribution in [2.24, 2.45) is 47.3 Å². The van der Waals surface area contributed by atoms with Gasteiger partial charge in [0.2, 0.25) is 23.6 Å². The first-order chi connectivity index (χ1) is 61.8. The Hall–Kier alpha value is -10.6. The molecular formula is C108H142N6O16. The number of esters is 4. The van der Waals surface area contributed by atoms with Gasteiger partial charge in [-0.1, -0.05) is 218 Å². The van der Waals surface area contributed by atoms with E-state index in [0.29, 0.717) is 51.9 Å². The summed E-state index contributed by atoms with van der Waals surface area (Å²) in [5.74, 6) is -4.61. The number of benzene rings is 6. The number of hydrogen-bond donors (Lipinski definition) is 0. The monoisotopic (exact) mass is 1780 g/mol. The van der Waals surface area contributed by atoms with Gasteiger partial charge in [0, 0.05) is 63.2 Å². The number of carbonyl (C=O) groups is 12. The molecule has 4 amide bonds. The molecule has 0 saturated carbocycles. The fourth-order valence-electron chi connectivity index (χ4n) is 20.4. The second-order valence-corrected chi connectivity index (χ2v) is 40.4. The van der Waals surface area contributed by atoms with E-state index in [1.165, 1.54) is 39.6 Å². The summed E-state index contributed by atoms with van der Waals surface area (Å²) >= 11 is 0. The van der Waals surface area contributed by atoms with Crippen LogP contribution in [0.15, 0.2) is 146 Å². The van der Waals surface area contributed by atoms with Crippen molar-refractivity contribution in [2.75, 3.05) is 64.4 Å². The van der Waals surface area contributed by atoms with Gasteiger partial charge in [-0.25, -0.2) is 0 Å². The van der Waals surface area contributed by atoms with Gasteiger partial charge in [0.25, 0.3) is 0 Å². The Bertz CT molecular complexity index is 4370. The molecule has 6 aliphatic heterocycles. The summed E-state index contributed by atoms with van der Waals surface area (Å²) in [6.07, 6.45) is 10.1. The van der Waals surface area contributed by atoms with E-state index in [9.17, 15) is 57.5 Å². The zero-order valence-electron chi connectivity index (χ0n) is 80.3. The third-order valence-electron chi connectivity index (χ3n) is 28.4. The van der Waals surface area contributed by atoms with Gasteiger partial charge in [0.1, 0.15) is 0 Å². The first kappa shape index (κ1) is 99.9. The highest BCUT2D eigenvalue weighted by Crippen LogP contribution is 2.50. The van der Waals surface area contributed by atoms with Gasteiger partial charge in [0.15, 0.2) is 23.1 Å². The summed E-state index contributed by atoms with van der Waals surface area (Å²) in [7, 11) is 5.31. The molecule has 700 valence electrons. The van der Waals surface area contributed by atoms with Crippen molar-refractivity contribution in [3.8, 4) is 0 Å². The lowest BCUT2D eigenvalue weighted by Gasteiger charge is -2.34. The van der Waals surface area contributed by atoms with E-state index >= 15 is 0 Å². The molecule has 0 N–H and O–H groups in total. The van der Waals surface area contributed by atoms with Crippen LogP contribution in [0.2, 0.25) is 0 Å². The minimum Gasteiger partial charge on any atom is -0.469 e. The van der Waals surface area contributed by atoms with E-state index < -0.39 is 71.7 Å². The van der Waals surface area contributed by atoms with Crippen molar-refractivity contribution in [1.29, 1.82) is 0 Å². The second kappa shape index (κ2) is 44.5. The van der Waals surface area contributed by atoms with Gasteiger partial charge in [0.05, 0.1) is 126 Å². The Morgan fingerprint density at radius 3 is 0.646 bits per heavy atom. The number of Topliss-reactive ketones (excluding diaryl/α,β-unsaturated/α-hetero) is 4. The number of likely N-dealkylation sites (tertiary alicyclic amines) is 4. The second-order valence-electron chi connectivity index (χ2n) is 40.4. The van der Waals surface area contributed by atoms with Crippen LogP contribution < -0.4 is 9.80 Å². The smallest absolute Gasteiger partial charge is 0.306 e. The summed E-state index contributed by atoms with van der Waals surface area (Å²) in [6, 6.07) is 49.5. The quantitative estimate of drug-likeness (QED) is 0.0268. The molecule has 6 aromatic carbocycles. The lowest BCUT2D eigenvalue weighted by Crippen LogP contribution is -2.45. The molecular weight excluding hydrogens is 1640 g/mol. The topological polar surface area (TPSA) is 261 Å². The minimum absolute atomic E-state index is 0.00315. The maximum Gasteiger partial charge on any atom is 0.306 e. The number of carbonyl (C=O) groups excluding carboxylic acids is 12. The molecule has 6 heterocycles. The largest absolute Gasteiger partial charge is 0.469 e. The summed E-state index contributed by atoms with van der Waals surface area (Å²) < 4.78 is 19.5. The molecule has 0 radical (unpaired) electrons. The van der Waals surface area contributed by atoms with Crippen LogP contribution in [0.1, 0.15) is 279 Å². The van der Waals surface area contributed by atoms with E-state index in [0.717, 1.165) is 107 Å². The van der Waals surface area contributed by atoms with Gasteiger partial charge in [-0.3, -0.25) is 57.5 Å². The fraction of sp³-hybridized carbons (Fsp3) is 0.556. The molecule has 6 aliphatic rings. The Morgan fingerprint density at radius 2 is 0.477 bits per heavy atom. The average molecular weight is 1780 g/mol. The zero-order chi connectivity index (χ0) is 94.3. The Labute approximate surface area is 771 Å². The number of rotatable bonds is 34. The molecule has 0 aliphatic carbocycles.